The summed E-state index contributed by atoms with van der Waals surface area (Å²) >= 11 is 1.43. The van der Waals surface area contributed by atoms with Crippen LogP contribution in [0, 0.1) is 11.3 Å². The first kappa shape index (κ1) is 20.9. The van der Waals surface area contributed by atoms with Crippen LogP contribution in [0.2, 0.25) is 0 Å². The summed E-state index contributed by atoms with van der Waals surface area (Å²) in [6.45, 7) is 2.95. The van der Waals surface area contributed by atoms with Gasteiger partial charge >= 0.3 is 5.97 Å². The van der Waals surface area contributed by atoms with Crippen molar-refractivity contribution >= 4 is 28.2 Å². The topological polar surface area (TPSA) is 55.0 Å². The number of hydrogen-bond acceptors (Lipinski definition) is 4. The monoisotopic (exact) mass is 428 g/mol. The van der Waals surface area contributed by atoms with Gasteiger partial charge in [0.1, 0.15) is 10.9 Å². The van der Waals surface area contributed by atoms with Gasteiger partial charge in [0.25, 0.3) is 0 Å². The minimum Gasteiger partial charge on any atom is -0.465 e. The number of esters is 1. The van der Waals surface area contributed by atoms with Crippen LogP contribution in [-0.4, -0.2) is 17.6 Å². The molecular formula is C26H24N2O2S. The quantitative estimate of drug-likeness (QED) is 0.323. The molecule has 0 bridgehead atoms. The molecule has 0 aliphatic rings. The van der Waals surface area contributed by atoms with Crippen molar-refractivity contribution in [1.82, 2.24) is 4.57 Å². The van der Waals surface area contributed by atoms with Gasteiger partial charge in [0.2, 0.25) is 0 Å². The maximum Gasteiger partial charge on any atom is 0.340 e. The average molecular weight is 429 g/mol. The largest absolute Gasteiger partial charge is 0.465 e. The molecular weight excluding hydrogens is 404 g/mol. The molecule has 2 aromatic heterocycles. The summed E-state index contributed by atoms with van der Waals surface area (Å²) in [5.74, 6) is -0.600. The molecule has 0 fully saturated rings. The highest BCUT2D eigenvalue weighted by atomic mass is 32.1. The molecule has 2 aromatic carbocycles. The van der Waals surface area contributed by atoms with Crippen LogP contribution in [-0.2, 0) is 11.3 Å². The number of benzene rings is 2. The van der Waals surface area contributed by atoms with Gasteiger partial charge in [0.05, 0.1) is 18.6 Å². The average Bonchev–Trinajstić information content (AvgIpc) is 3.41. The number of nitrogens with zero attached hydrogens (tertiary/aromatic N) is 2. The lowest BCUT2D eigenvalue weighted by Crippen LogP contribution is -2.16. The van der Waals surface area contributed by atoms with Gasteiger partial charge in [0.15, 0.2) is 0 Å². The number of thiophene rings is 1. The van der Waals surface area contributed by atoms with Gasteiger partial charge in [0, 0.05) is 23.1 Å². The smallest absolute Gasteiger partial charge is 0.340 e. The Bertz CT molecular complexity index is 1250. The van der Waals surface area contributed by atoms with Crippen molar-refractivity contribution < 1.29 is 9.53 Å². The van der Waals surface area contributed by atoms with Gasteiger partial charge in [-0.3, -0.25) is 0 Å². The highest BCUT2D eigenvalue weighted by molar-refractivity contribution is 7.10. The molecule has 4 nitrogen and oxygen atoms in total. The fraction of sp³-hybridized carbons (Fsp3) is 0.231. The van der Waals surface area contributed by atoms with Crippen molar-refractivity contribution in [1.29, 1.82) is 5.26 Å². The number of nitriles is 1. The number of para-hydroxylation sites is 1. The Morgan fingerprint density at radius 1 is 1.13 bits per heavy atom. The van der Waals surface area contributed by atoms with Crippen molar-refractivity contribution in [3.8, 4) is 6.07 Å². The van der Waals surface area contributed by atoms with Crippen LogP contribution >= 0.6 is 11.3 Å². The number of carbonyl (C=O) groups is 1. The Morgan fingerprint density at radius 3 is 2.58 bits per heavy atom. The van der Waals surface area contributed by atoms with E-state index in [1.54, 1.807) is 0 Å². The van der Waals surface area contributed by atoms with Crippen molar-refractivity contribution in [3.63, 3.8) is 0 Å². The molecule has 2 heterocycles. The fourth-order valence-corrected chi connectivity index (χ4v) is 4.99. The van der Waals surface area contributed by atoms with Crippen molar-refractivity contribution in [2.24, 2.45) is 0 Å². The second-order valence-corrected chi connectivity index (χ2v) is 8.35. The Kier molecular flexibility index (Phi) is 6.20. The first-order valence-corrected chi connectivity index (χ1v) is 11.3. The third-order valence-electron chi connectivity index (χ3n) is 5.65. The number of methoxy groups -OCH3 is 1. The lowest BCUT2D eigenvalue weighted by atomic mass is 9.86. The maximum absolute atomic E-state index is 13.1. The molecule has 0 N–H and O–H groups in total. The van der Waals surface area contributed by atoms with Crippen molar-refractivity contribution in [3.05, 3.63) is 93.3 Å². The van der Waals surface area contributed by atoms with E-state index < -0.39 is 0 Å². The van der Waals surface area contributed by atoms with Crippen LogP contribution in [0.5, 0.6) is 0 Å². The number of rotatable bonds is 7. The fourth-order valence-electron chi connectivity index (χ4n) is 4.26. The minimum atomic E-state index is -0.351. The summed E-state index contributed by atoms with van der Waals surface area (Å²) in [4.78, 5) is 13.8. The highest BCUT2D eigenvalue weighted by Gasteiger charge is 2.32. The maximum atomic E-state index is 13.1. The van der Waals surface area contributed by atoms with Gasteiger partial charge in [-0.25, -0.2) is 4.79 Å². The summed E-state index contributed by atoms with van der Waals surface area (Å²) in [7, 11) is 1.42. The number of carbonyl (C=O) groups excluding carboxylic acids is 1. The predicted molar refractivity (Wildman–Crippen MR) is 125 cm³/mol. The summed E-state index contributed by atoms with van der Waals surface area (Å²) in [6.07, 6.45) is 2.03. The molecule has 0 spiro atoms. The van der Waals surface area contributed by atoms with Gasteiger partial charge in [-0.1, -0.05) is 61.9 Å². The molecule has 31 heavy (non-hydrogen) atoms. The molecule has 0 aliphatic heterocycles. The van der Waals surface area contributed by atoms with Crippen molar-refractivity contribution in [2.75, 3.05) is 7.11 Å². The molecule has 5 heteroatoms. The van der Waals surface area contributed by atoms with Crippen LogP contribution in [0.25, 0.3) is 10.9 Å². The summed E-state index contributed by atoms with van der Waals surface area (Å²) in [5.41, 5.74) is 4.45. The van der Waals surface area contributed by atoms with Gasteiger partial charge in [-0.15, -0.1) is 11.3 Å². The third-order valence-corrected chi connectivity index (χ3v) is 6.49. The lowest BCUT2D eigenvalue weighted by Gasteiger charge is -2.22. The number of aromatic nitrogens is 1. The van der Waals surface area contributed by atoms with Crippen LogP contribution in [0.4, 0.5) is 0 Å². The third kappa shape index (κ3) is 3.75. The number of hydrogen-bond donors (Lipinski definition) is 0. The Hall–Kier alpha value is -3.36. The molecule has 156 valence electrons. The molecule has 0 aliphatic carbocycles. The second kappa shape index (κ2) is 9.20. The molecule has 4 aromatic rings. The van der Waals surface area contributed by atoms with E-state index >= 15 is 0 Å². The standard InChI is InChI=1S/C26H24N2O2S/c1-3-4-15-28-21-13-9-8-12-19(21)24(26(29)30-2)25(28)23(18-10-6-5-7-11-18)20-14-16-31-22(20)17-27/h5-14,16,23H,3-4,15H2,1-2H3. The van der Waals surface area contributed by atoms with E-state index in [1.165, 1.54) is 18.4 Å². The zero-order chi connectivity index (χ0) is 21.8. The van der Waals surface area contributed by atoms with Crippen LogP contribution in [0.1, 0.15) is 57.7 Å². The van der Waals surface area contributed by atoms with Gasteiger partial charge in [-0.05, 0) is 35.1 Å². The summed E-state index contributed by atoms with van der Waals surface area (Å²) in [5, 5.41) is 12.6. The zero-order valence-electron chi connectivity index (χ0n) is 17.7. The predicted octanol–water partition coefficient (Wildman–Crippen LogP) is 6.34. The number of fused-ring (bicyclic) bond motifs is 1. The van der Waals surface area contributed by atoms with E-state index in [1.807, 2.05) is 47.8 Å². The van der Waals surface area contributed by atoms with E-state index in [0.717, 1.165) is 47.1 Å². The second-order valence-electron chi connectivity index (χ2n) is 7.43. The van der Waals surface area contributed by atoms with Crippen LogP contribution in [0.3, 0.4) is 0 Å². The normalized spacial score (nSPS) is 11.9. The molecule has 0 saturated heterocycles. The highest BCUT2D eigenvalue weighted by Crippen LogP contribution is 2.41. The Balaban J connectivity index is 2.11. The molecule has 0 amide bonds. The Labute approximate surface area is 186 Å². The summed E-state index contributed by atoms with van der Waals surface area (Å²) < 4.78 is 7.50. The van der Waals surface area contributed by atoms with Gasteiger partial charge < -0.3 is 9.30 Å². The zero-order valence-corrected chi connectivity index (χ0v) is 18.5. The number of unbranched alkanes of at least 4 members (excludes halogenated alkanes) is 1. The van der Waals surface area contributed by atoms with E-state index in [2.05, 4.69) is 35.8 Å². The van der Waals surface area contributed by atoms with E-state index in [0.29, 0.717) is 10.4 Å². The van der Waals surface area contributed by atoms with Crippen LogP contribution in [0.15, 0.2) is 66.0 Å². The Morgan fingerprint density at radius 2 is 1.87 bits per heavy atom. The first-order valence-electron chi connectivity index (χ1n) is 10.4. The van der Waals surface area contributed by atoms with Crippen LogP contribution < -0.4 is 0 Å². The van der Waals surface area contributed by atoms with E-state index in [9.17, 15) is 10.1 Å². The number of ether oxygens (including phenoxy) is 1. The SMILES string of the molecule is CCCCn1c(C(c2ccccc2)c2ccsc2C#N)c(C(=O)OC)c2ccccc21. The first-order chi connectivity index (χ1) is 15.2. The van der Waals surface area contributed by atoms with Gasteiger partial charge in [-0.2, -0.15) is 5.26 Å². The molecule has 1 atom stereocenters. The molecule has 0 saturated carbocycles. The molecule has 4 rings (SSSR count). The minimum absolute atomic E-state index is 0.250. The lowest BCUT2D eigenvalue weighted by molar-refractivity contribution is 0.0601. The van der Waals surface area contributed by atoms with E-state index in [4.69, 9.17) is 4.74 Å². The summed E-state index contributed by atoms with van der Waals surface area (Å²) in [6, 6.07) is 22.4. The number of aryl methyl sites for hydroxylation is 1. The van der Waals surface area contributed by atoms with Crippen molar-refractivity contribution in [2.45, 2.75) is 32.2 Å². The molecule has 1 unspecified atom stereocenters. The van der Waals surface area contributed by atoms with E-state index in [-0.39, 0.29) is 11.9 Å². The molecule has 0 radical (unpaired) electrons.